The minimum absolute atomic E-state index is 0.0615. The zero-order valence-corrected chi connectivity index (χ0v) is 12.4. The molecule has 0 bridgehead atoms. The van der Waals surface area contributed by atoms with Crippen molar-refractivity contribution in [2.24, 2.45) is 0 Å². The van der Waals surface area contributed by atoms with Gasteiger partial charge in [0.15, 0.2) is 5.78 Å². The van der Waals surface area contributed by atoms with Crippen molar-refractivity contribution in [3.63, 3.8) is 0 Å². The Hall–Kier alpha value is -2.33. The molecule has 0 aliphatic heterocycles. The van der Waals surface area contributed by atoms with E-state index in [2.05, 4.69) is 5.32 Å². The maximum Gasteiger partial charge on any atom is 0.257 e. The lowest BCUT2D eigenvalue weighted by atomic mass is 10.1. The fraction of sp³-hybridized carbons (Fsp3) is 0.125. The summed E-state index contributed by atoms with van der Waals surface area (Å²) in [5, 5.41) is 3.02. The van der Waals surface area contributed by atoms with Crippen LogP contribution < -0.4 is 10.1 Å². The van der Waals surface area contributed by atoms with Gasteiger partial charge in [-0.05, 0) is 37.3 Å². The minimum Gasteiger partial charge on any atom is -0.497 e. The Bertz CT molecular complexity index is 698. The van der Waals surface area contributed by atoms with Crippen molar-refractivity contribution in [2.75, 3.05) is 12.4 Å². The first-order valence-corrected chi connectivity index (χ1v) is 6.65. The molecule has 5 heteroatoms. The molecule has 108 valence electrons. The van der Waals surface area contributed by atoms with E-state index in [4.69, 9.17) is 16.3 Å². The Labute approximate surface area is 127 Å². The van der Waals surface area contributed by atoms with Crippen LogP contribution in [0, 0.1) is 0 Å². The zero-order chi connectivity index (χ0) is 15.4. The number of hydrogen-bond donors (Lipinski definition) is 1. The molecule has 2 aromatic rings. The van der Waals surface area contributed by atoms with E-state index in [0.29, 0.717) is 27.6 Å². The van der Waals surface area contributed by atoms with Gasteiger partial charge in [-0.3, -0.25) is 9.59 Å². The third-order valence-electron chi connectivity index (χ3n) is 2.95. The van der Waals surface area contributed by atoms with Crippen LogP contribution in [0.3, 0.4) is 0 Å². The Morgan fingerprint density at radius 3 is 2.52 bits per heavy atom. The average Bonchev–Trinajstić information content (AvgIpc) is 2.47. The van der Waals surface area contributed by atoms with Crippen molar-refractivity contribution in [2.45, 2.75) is 6.92 Å². The lowest BCUT2D eigenvalue weighted by Crippen LogP contribution is -2.12. The maximum absolute atomic E-state index is 12.2. The molecule has 0 fully saturated rings. The summed E-state index contributed by atoms with van der Waals surface area (Å²) in [6.07, 6.45) is 0. The van der Waals surface area contributed by atoms with Gasteiger partial charge >= 0.3 is 0 Å². The molecular weight excluding hydrogens is 290 g/mol. The Balaban J connectivity index is 2.22. The van der Waals surface area contributed by atoms with E-state index in [9.17, 15) is 9.59 Å². The summed E-state index contributed by atoms with van der Waals surface area (Å²) in [4.78, 5) is 23.5. The van der Waals surface area contributed by atoms with Gasteiger partial charge in [0.1, 0.15) is 5.75 Å². The number of hydrogen-bond acceptors (Lipinski definition) is 3. The number of ether oxygens (including phenoxy) is 1. The summed E-state index contributed by atoms with van der Waals surface area (Å²) in [5.41, 5.74) is 1.42. The van der Waals surface area contributed by atoms with Crippen molar-refractivity contribution in [3.8, 4) is 5.75 Å². The van der Waals surface area contributed by atoms with Crippen LogP contribution in [0.15, 0.2) is 42.5 Å². The van der Waals surface area contributed by atoms with Crippen LogP contribution in [0.2, 0.25) is 5.02 Å². The predicted octanol–water partition coefficient (Wildman–Crippen LogP) is 3.80. The van der Waals surface area contributed by atoms with E-state index >= 15 is 0 Å². The molecule has 0 saturated carbocycles. The quantitative estimate of drug-likeness (QED) is 0.874. The molecule has 2 aromatic carbocycles. The molecule has 0 aliphatic carbocycles. The third kappa shape index (κ3) is 3.61. The van der Waals surface area contributed by atoms with Crippen LogP contribution in [-0.2, 0) is 0 Å². The fourth-order valence-corrected chi connectivity index (χ4v) is 2.08. The molecule has 1 amide bonds. The SMILES string of the molecule is COc1ccc(C(=O)Nc2cccc(C(C)=O)c2)c(Cl)c1. The number of anilines is 1. The first-order chi connectivity index (χ1) is 10.0. The van der Waals surface area contributed by atoms with E-state index in [1.807, 2.05) is 0 Å². The molecule has 21 heavy (non-hydrogen) atoms. The predicted molar refractivity (Wildman–Crippen MR) is 82.4 cm³/mol. The van der Waals surface area contributed by atoms with E-state index in [1.165, 1.54) is 14.0 Å². The van der Waals surface area contributed by atoms with Crippen LogP contribution in [0.5, 0.6) is 5.75 Å². The number of amides is 1. The molecule has 0 radical (unpaired) electrons. The number of carbonyl (C=O) groups excluding carboxylic acids is 2. The lowest BCUT2D eigenvalue weighted by Gasteiger charge is -2.09. The summed E-state index contributed by atoms with van der Waals surface area (Å²) >= 11 is 6.06. The minimum atomic E-state index is -0.344. The summed E-state index contributed by atoms with van der Waals surface area (Å²) in [5.74, 6) is 0.173. The highest BCUT2D eigenvalue weighted by molar-refractivity contribution is 6.34. The molecule has 4 nitrogen and oxygen atoms in total. The van der Waals surface area contributed by atoms with Gasteiger partial charge in [0, 0.05) is 11.3 Å². The summed E-state index contributed by atoms with van der Waals surface area (Å²) in [6, 6.07) is 11.6. The molecule has 0 unspecified atom stereocenters. The van der Waals surface area contributed by atoms with Crippen molar-refractivity contribution in [3.05, 3.63) is 58.6 Å². The molecule has 2 rings (SSSR count). The number of rotatable bonds is 4. The smallest absolute Gasteiger partial charge is 0.257 e. The second-order valence-corrected chi connectivity index (χ2v) is 4.84. The second-order valence-electron chi connectivity index (χ2n) is 4.44. The van der Waals surface area contributed by atoms with Crippen molar-refractivity contribution >= 4 is 29.0 Å². The van der Waals surface area contributed by atoms with Crippen LogP contribution in [0.4, 0.5) is 5.69 Å². The molecule has 0 saturated heterocycles. The summed E-state index contributed by atoms with van der Waals surface area (Å²) < 4.78 is 5.04. The van der Waals surface area contributed by atoms with Crippen LogP contribution in [-0.4, -0.2) is 18.8 Å². The van der Waals surface area contributed by atoms with E-state index in [1.54, 1.807) is 42.5 Å². The van der Waals surface area contributed by atoms with Gasteiger partial charge in [-0.15, -0.1) is 0 Å². The maximum atomic E-state index is 12.2. The van der Waals surface area contributed by atoms with Gasteiger partial charge in [0.05, 0.1) is 17.7 Å². The van der Waals surface area contributed by atoms with Gasteiger partial charge in [-0.1, -0.05) is 23.7 Å². The van der Waals surface area contributed by atoms with Crippen LogP contribution >= 0.6 is 11.6 Å². The largest absolute Gasteiger partial charge is 0.497 e. The first-order valence-electron chi connectivity index (χ1n) is 6.27. The topological polar surface area (TPSA) is 55.4 Å². The van der Waals surface area contributed by atoms with E-state index in [0.717, 1.165) is 0 Å². The van der Waals surface area contributed by atoms with Gasteiger partial charge < -0.3 is 10.1 Å². The highest BCUT2D eigenvalue weighted by Gasteiger charge is 2.12. The Morgan fingerprint density at radius 1 is 1.14 bits per heavy atom. The molecule has 0 spiro atoms. The normalized spacial score (nSPS) is 10.0. The third-order valence-corrected chi connectivity index (χ3v) is 3.26. The first kappa shape index (κ1) is 15.1. The standard InChI is InChI=1S/C16H14ClNO3/c1-10(19)11-4-3-5-12(8-11)18-16(20)14-7-6-13(21-2)9-15(14)17/h3-9H,1-2H3,(H,18,20). The molecule has 0 heterocycles. The highest BCUT2D eigenvalue weighted by atomic mass is 35.5. The van der Waals surface area contributed by atoms with Crippen molar-refractivity contribution < 1.29 is 14.3 Å². The number of ketones is 1. The molecular formula is C16H14ClNO3. The number of carbonyl (C=O) groups is 2. The number of halogens is 1. The van der Waals surface area contributed by atoms with Gasteiger partial charge in [0.25, 0.3) is 5.91 Å². The van der Waals surface area contributed by atoms with Crippen molar-refractivity contribution in [1.29, 1.82) is 0 Å². The van der Waals surface area contributed by atoms with Crippen LogP contribution in [0.25, 0.3) is 0 Å². The lowest BCUT2D eigenvalue weighted by molar-refractivity contribution is 0.101. The molecule has 0 aliphatic rings. The second kappa shape index (κ2) is 6.41. The number of nitrogens with one attached hydrogen (secondary N) is 1. The number of benzene rings is 2. The zero-order valence-electron chi connectivity index (χ0n) is 11.6. The van der Waals surface area contributed by atoms with Gasteiger partial charge in [-0.25, -0.2) is 0 Å². The summed E-state index contributed by atoms with van der Waals surface area (Å²) in [6.45, 7) is 1.47. The van der Waals surface area contributed by atoms with Gasteiger partial charge in [-0.2, -0.15) is 0 Å². The molecule has 1 N–H and O–H groups in total. The number of Topliss-reactive ketones (excluding diaryl/α,β-unsaturated/α-hetero) is 1. The monoisotopic (exact) mass is 303 g/mol. The molecule has 0 atom stereocenters. The number of methoxy groups -OCH3 is 1. The van der Waals surface area contributed by atoms with Crippen molar-refractivity contribution in [1.82, 2.24) is 0 Å². The van der Waals surface area contributed by atoms with E-state index in [-0.39, 0.29) is 11.7 Å². The summed E-state index contributed by atoms with van der Waals surface area (Å²) in [7, 11) is 1.53. The van der Waals surface area contributed by atoms with Gasteiger partial charge in [0.2, 0.25) is 0 Å². The van der Waals surface area contributed by atoms with Crippen LogP contribution in [0.1, 0.15) is 27.6 Å². The Morgan fingerprint density at radius 2 is 1.90 bits per heavy atom. The van der Waals surface area contributed by atoms with E-state index < -0.39 is 0 Å². The highest BCUT2D eigenvalue weighted by Crippen LogP contribution is 2.23. The fourth-order valence-electron chi connectivity index (χ4n) is 1.82. The molecule has 0 aromatic heterocycles. The Kier molecular flexibility index (Phi) is 4.60. The average molecular weight is 304 g/mol.